The van der Waals surface area contributed by atoms with Gasteiger partial charge in [-0.25, -0.2) is 0 Å². The summed E-state index contributed by atoms with van der Waals surface area (Å²) in [5.41, 5.74) is 2.20. The highest BCUT2D eigenvalue weighted by molar-refractivity contribution is 5.14. The van der Waals surface area contributed by atoms with Crippen molar-refractivity contribution in [1.29, 1.82) is 0 Å². The molecule has 0 amide bonds. The summed E-state index contributed by atoms with van der Waals surface area (Å²) in [6.07, 6.45) is 6.75. The highest BCUT2D eigenvalue weighted by Crippen LogP contribution is 2.48. The lowest BCUT2D eigenvalue weighted by atomic mass is 9.79. The number of benzene rings is 1. The van der Waals surface area contributed by atoms with Gasteiger partial charge >= 0.3 is 0 Å². The normalized spacial score (nSPS) is 18.8. The summed E-state index contributed by atoms with van der Waals surface area (Å²) in [6.45, 7) is 10.5. The molecule has 20 heavy (non-hydrogen) atoms. The van der Waals surface area contributed by atoms with E-state index in [-0.39, 0.29) is 5.54 Å². The molecule has 0 aromatic heterocycles. The van der Waals surface area contributed by atoms with Crippen molar-refractivity contribution in [2.24, 2.45) is 11.3 Å². The van der Waals surface area contributed by atoms with Crippen molar-refractivity contribution in [1.82, 2.24) is 5.32 Å². The van der Waals surface area contributed by atoms with Crippen LogP contribution in [0.4, 0.5) is 0 Å². The molecule has 1 nitrogen and oxygen atoms in total. The van der Waals surface area contributed by atoms with E-state index in [2.05, 4.69) is 63.3 Å². The third kappa shape index (κ3) is 4.94. The molecule has 1 atom stereocenters. The lowest BCUT2D eigenvalue weighted by Crippen LogP contribution is -2.43. The molecule has 1 aliphatic rings. The Bertz CT molecular complexity index is 400. The first kappa shape index (κ1) is 15.6. The average Bonchev–Trinajstić information content (AvgIpc) is 3.22. The van der Waals surface area contributed by atoms with Crippen LogP contribution in [0.5, 0.6) is 0 Å². The molecule has 0 saturated heterocycles. The molecule has 0 spiro atoms. The van der Waals surface area contributed by atoms with Crippen molar-refractivity contribution in [3.05, 3.63) is 35.9 Å². The molecular formula is C19H31N. The standard InChI is InChI=1S/C19H31N/c1-18(2,3)20-15-19(4,17-12-13-17)14-8-11-16-9-6-5-7-10-16/h5-7,9-10,17,20H,8,11-15H2,1-4H3. The van der Waals surface area contributed by atoms with Gasteiger partial charge in [0.25, 0.3) is 0 Å². The Kier molecular flexibility index (Phi) is 4.90. The predicted molar refractivity (Wildman–Crippen MR) is 88.0 cm³/mol. The Hall–Kier alpha value is -0.820. The Morgan fingerprint density at radius 1 is 1.05 bits per heavy atom. The minimum atomic E-state index is 0.232. The van der Waals surface area contributed by atoms with Gasteiger partial charge in [-0.15, -0.1) is 0 Å². The van der Waals surface area contributed by atoms with Gasteiger partial charge in [-0.1, -0.05) is 37.3 Å². The quantitative estimate of drug-likeness (QED) is 0.751. The lowest BCUT2D eigenvalue weighted by Gasteiger charge is -2.34. The molecule has 1 unspecified atom stereocenters. The zero-order valence-corrected chi connectivity index (χ0v) is 13.7. The molecule has 112 valence electrons. The van der Waals surface area contributed by atoms with Crippen molar-refractivity contribution >= 4 is 0 Å². The van der Waals surface area contributed by atoms with Gasteiger partial charge in [-0.05, 0) is 69.8 Å². The van der Waals surface area contributed by atoms with Crippen LogP contribution in [0, 0.1) is 11.3 Å². The van der Waals surface area contributed by atoms with Crippen molar-refractivity contribution in [3.8, 4) is 0 Å². The maximum Gasteiger partial charge on any atom is 0.00967 e. The number of aryl methyl sites for hydroxylation is 1. The third-order valence-electron chi connectivity index (χ3n) is 4.64. The molecule has 0 radical (unpaired) electrons. The predicted octanol–water partition coefficient (Wildman–Crippen LogP) is 4.81. The van der Waals surface area contributed by atoms with Crippen LogP contribution in [-0.2, 0) is 6.42 Å². The molecule has 0 aliphatic heterocycles. The van der Waals surface area contributed by atoms with E-state index < -0.39 is 0 Å². The van der Waals surface area contributed by atoms with Crippen molar-refractivity contribution in [3.63, 3.8) is 0 Å². The van der Waals surface area contributed by atoms with Crippen LogP contribution in [0.2, 0.25) is 0 Å². The first-order valence-corrected chi connectivity index (χ1v) is 8.18. The van der Waals surface area contributed by atoms with Gasteiger partial charge in [0.05, 0.1) is 0 Å². The van der Waals surface area contributed by atoms with E-state index in [1.807, 2.05) is 0 Å². The van der Waals surface area contributed by atoms with Crippen LogP contribution in [0.15, 0.2) is 30.3 Å². The highest BCUT2D eigenvalue weighted by Gasteiger charge is 2.41. The molecule has 1 aromatic rings. The second-order valence-corrected chi connectivity index (χ2v) is 7.87. The number of rotatable bonds is 7. The number of hydrogen-bond acceptors (Lipinski definition) is 1. The smallest absolute Gasteiger partial charge is 0.00967 e. The monoisotopic (exact) mass is 273 g/mol. The molecule has 0 bridgehead atoms. The lowest BCUT2D eigenvalue weighted by molar-refractivity contribution is 0.208. The maximum absolute atomic E-state index is 3.73. The molecule has 1 saturated carbocycles. The Labute approximate surface area is 125 Å². The fraction of sp³-hybridized carbons (Fsp3) is 0.684. The van der Waals surface area contributed by atoms with Crippen molar-refractivity contribution in [2.45, 2.75) is 65.3 Å². The van der Waals surface area contributed by atoms with E-state index >= 15 is 0 Å². The Balaban J connectivity index is 1.83. The van der Waals surface area contributed by atoms with Gasteiger partial charge in [0.15, 0.2) is 0 Å². The molecule has 1 heteroatoms. The molecule has 0 heterocycles. The van der Waals surface area contributed by atoms with Crippen molar-refractivity contribution in [2.75, 3.05) is 6.54 Å². The summed E-state index contributed by atoms with van der Waals surface area (Å²) in [7, 11) is 0. The van der Waals surface area contributed by atoms with E-state index in [4.69, 9.17) is 0 Å². The average molecular weight is 273 g/mol. The summed E-state index contributed by atoms with van der Waals surface area (Å²) in [6, 6.07) is 10.9. The van der Waals surface area contributed by atoms with Gasteiger partial charge in [0, 0.05) is 12.1 Å². The largest absolute Gasteiger partial charge is 0.312 e. The topological polar surface area (TPSA) is 12.0 Å². The fourth-order valence-electron chi connectivity index (χ4n) is 3.03. The zero-order valence-electron chi connectivity index (χ0n) is 13.7. The Morgan fingerprint density at radius 3 is 2.25 bits per heavy atom. The summed E-state index contributed by atoms with van der Waals surface area (Å²) in [5.74, 6) is 0.952. The van der Waals surface area contributed by atoms with E-state index in [1.54, 1.807) is 0 Å². The van der Waals surface area contributed by atoms with E-state index in [1.165, 1.54) is 37.7 Å². The first-order valence-electron chi connectivity index (χ1n) is 8.18. The van der Waals surface area contributed by atoms with E-state index in [0.717, 1.165) is 12.5 Å². The molecule has 1 N–H and O–H groups in total. The SMILES string of the molecule is CC(C)(C)NCC(C)(CCCc1ccccc1)C1CC1. The molecule has 1 fully saturated rings. The molecule has 2 rings (SSSR count). The van der Waals surface area contributed by atoms with Crippen LogP contribution in [0.1, 0.15) is 58.9 Å². The Morgan fingerprint density at radius 2 is 1.70 bits per heavy atom. The highest BCUT2D eigenvalue weighted by atomic mass is 15.0. The van der Waals surface area contributed by atoms with Crippen LogP contribution < -0.4 is 5.32 Å². The van der Waals surface area contributed by atoms with Crippen LogP contribution in [0.25, 0.3) is 0 Å². The minimum Gasteiger partial charge on any atom is -0.312 e. The van der Waals surface area contributed by atoms with E-state index in [9.17, 15) is 0 Å². The van der Waals surface area contributed by atoms with Crippen LogP contribution in [0.3, 0.4) is 0 Å². The van der Waals surface area contributed by atoms with Gasteiger partial charge in [-0.3, -0.25) is 0 Å². The van der Waals surface area contributed by atoms with Gasteiger partial charge in [0.1, 0.15) is 0 Å². The van der Waals surface area contributed by atoms with E-state index in [0.29, 0.717) is 5.41 Å². The second kappa shape index (κ2) is 6.30. The van der Waals surface area contributed by atoms with Crippen LogP contribution in [-0.4, -0.2) is 12.1 Å². The molecular weight excluding hydrogens is 242 g/mol. The maximum atomic E-state index is 3.73. The summed E-state index contributed by atoms with van der Waals surface area (Å²) < 4.78 is 0. The summed E-state index contributed by atoms with van der Waals surface area (Å²) in [5, 5.41) is 3.73. The third-order valence-corrected chi connectivity index (χ3v) is 4.64. The summed E-state index contributed by atoms with van der Waals surface area (Å²) >= 11 is 0. The fourth-order valence-corrected chi connectivity index (χ4v) is 3.03. The van der Waals surface area contributed by atoms with Gasteiger partial charge in [-0.2, -0.15) is 0 Å². The molecule has 1 aliphatic carbocycles. The number of hydrogen-bond donors (Lipinski definition) is 1. The minimum absolute atomic E-state index is 0.232. The van der Waals surface area contributed by atoms with Crippen LogP contribution >= 0.6 is 0 Å². The first-order chi connectivity index (χ1) is 9.39. The van der Waals surface area contributed by atoms with Gasteiger partial charge in [0.2, 0.25) is 0 Å². The molecule has 1 aromatic carbocycles. The number of nitrogens with one attached hydrogen (secondary N) is 1. The zero-order chi connectivity index (χ0) is 14.6. The summed E-state index contributed by atoms with van der Waals surface area (Å²) in [4.78, 5) is 0. The van der Waals surface area contributed by atoms with Gasteiger partial charge < -0.3 is 5.32 Å². The van der Waals surface area contributed by atoms with Crippen molar-refractivity contribution < 1.29 is 0 Å². The second-order valence-electron chi connectivity index (χ2n) is 7.87.